The normalized spacial score (nSPS) is 21.4. The van der Waals surface area contributed by atoms with Crippen LogP contribution in [0.25, 0.3) is 44.4 Å². The molecule has 2 bridgehead atoms. The summed E-state index contributed by atoms with van der Waals surface area (Å²) in [6.45, 7) is 2.80. The molecule has 4 N–H and O–H groups in total. The van der Waals surface area contributed by atoms with E-state index in [0.29, 0.717) is 24.6 Å². The zero-order valence-electron chi connectivity index (χ0n) is 37.5. The van der Waals surface area contributed by atoms with Crippen LogP contribution in [0.1, 0.15) is 77.0 Å². The highest BCUT2D eigenvalue weighted by Crippen LogP contribution is 2.60. The van der Waals surface area contributed by atoms with Crippen molar-refractivity contribution in [3.63, 3.8) is 0 Å². The van der Waals surface area contributed by atoms with Gasteiger partial charge in [-0.1, -0.05) is 68.5 Å². The molecule has 0 radical (unpaired) electrons. The van der Waals surface area contributed by atoms with Gasteiger partial charge in [0.15, 0.2) is 0 Å². The number of nitrogens with zero attached hydrogens (tertiary/aromatic N) is 4. The summed E-state index contributed by atoms with van der Waals surface area (Å²) in [5.41, 5.74) is 5.80. The highest BCUT2D eigenvalue weighted by Gasteiger charge is 2.60. The van der Waals surface area contributed by atoms with Crippen LogP contribution in [-0.2, 0) is 29.3 Å². The molecule has 1 spiro atoms. The van der Waals surface area contributed by atoms with Crippen LogP contribution in [-0.4, -0.2) is 106 Å². The molecular formula is C49H54F2N8O7. The molecule has 5 atom stereocenters. The van der Waals surface area contributed by atoms with Crippen LogP contribution in [0.3, 0.4) is 0 Å². The monoisotopic (exact) mass is 904 g/mol. The Labute approximate surface area is 380 Å². The Morgan fingerprint density at radius 1 is 0.833 bits per heavy atom. The van der Waals surface area contributed by atoms with Gasteiger partial charge in [-0.2, -0.15) is 8.78 Å². The molecule has 5 aromatic rings. The smallest absolute Gasteiger partial charge is 0.407 e. The zero-order valence-corrected chi connectivity index (χ0v) is 37.5. The first kappa shape index (κ1) is 44.6. The van der Waals surface area contributed by atoms with Gasteiger partial charge in [-0.25, -0.2) is 19.6 Å². The van der Waals surface area contributed by atoms with E-state index < -0.39 is 48.9 Å². The largest absolute Gasteiger partial charge is 0.453 e. The first-order valence-corrected chi connectivity index (χ1v) is 22.4. The number of alkyl carbamates (subject to hydrolysis) is 2. The summed E-state index contributed by atoms with van der Waals surface area (Å²) >= 11 is 0. The number of aromatic amines is 2. The lowest BCUT2D eigenvalue weighted by Crippen LogP contribution is -2.53. The second kappa shape index (κ2) is 17.6. The fraction of sp³-hybridized carbons (Fsp3) is 0.429. The number of methoxy groups -OCH3 is 2. The number of alkyl halides is 2. The van der Waals surface area contributed by atoms with Crippen LogP contribution >= 0.6 is 0 Å². The number of rotatable bonds is 14. The first-order chi connectivity index (χ1) is 31.7. The molecule has 4 heterocycles. The predicted octanol–water partition coefficient (Wildman–Crippen LogP) is 8.22. The molecule has 3 aromatic carbocycles. The average Bonchev–Trinajstić information content (AvgIpc) is 3.94. The Kier molecular flexibility index (Phi) is 11.9. The van der Waals surface area contributed by atoms with Gasteiger partial charge in [0.2, 0.25) is 11.8 Å². The Morgan fingerprint density at radius 2 is 1.47 bits per heavy atom. The number of nitrogens with one attached hydrogen (secondary N) is 4. The van der Waals surface area contributed by atoms with Crippen molar-refractivity contribution in [3.05, 3.63) is 96.4 Å². The zero-order chi connectivity index (χ0) is 46.5. The number of imidazole rings is 2. The Morgan fingerprint density at radius 3 is 2.15 bits per heavy atom. The van der Waals surface area contributed by atoms with Crippen LogP contribution in [0.4, 0.5) is 18.4 Å². The molecule has 4 aliphatic rings. The number of likely N-dealkylation sites (tertiary alicyclic amines) is 2. The maximum absolute atomic E-state index is 14.1. The van der Waals surface area contributed by atoms with E-state index >= 15 is 0 Å². The minimum atomic E-state index is -3.00. The molecule has 15 nitrogen and oxygen atoms in total. The topological polar surface area (TPSA) is 184 Å². The lowest BCUT2D eigenvalue weighted by Gasteiger charge is -2.36. The molecule has 0 unspecified atom stereocenters. The average molecular weight is 905 g/mol. The number of H-pyrrole nitrogens is 2. The van der Waals surface area contributed by atoms with Crippen LogP contribution in [0.15, 0.2) is 84.7 Å². The molecule has 66 heavy (non-hydrogen) atoms. The van der Waals surface area contributed by atoms with Crippen molar-refractivity contribution in [2.45, 2.75) is 95.6 Å². The molecule has 2 aliphatic carbocycles. The summed E-state index contributed by atoms with van der Waals surface area (Å²) < 4.78 is 39.6. The van der Waals surface area contributed by atoms with E-state index in [0.717, 1.165) is 75.7 Å². The lowest BCUT2D eigenvalue weighted by molar-refractivity contribution is -0.143. The third kappa shape index (κ3) is 8.51. The molecule has 2 saturated heterocycles. The fourth-order valence-electron chi connectivity index (χ4n) is 10.2. The number of halogens is 2. The highest BCUT2D eigenvalue weighted by molar-refractivity contribution is 5.91. The number of fused-ring (bicyclic) bond motifs is 3. The molecule has 17 heteroatoms. The van der Waals surface area contributed by atoms with Crippen molar-refractivity contribution in [1.82, 2.24) is 40.4 Å². The number of carbonyl (C=O) groups excluding carboxylic acids is 4. The predicted molar refractivity (Wildman–Crippen MR) is 241 cm³/mol. The van der Waals surface area contributed by atoms with Crippen LogP contribution in [0.5, 0.6) is 0 Å². The Hall–Kier alpha value is -6.62. The van der Waals surface area contributed by atoms with E-state index in [9.17, 15) is 28.0 Å². The minimum absolute atomic E-state index is 0.0146. The van der Waals surface area contributed by atoms with Gasteiger partial charge in [0, 0.05) is 24.6 Å². The lowest BCUT2D eigenvalue weighted by atomic mass is 9.91. The highest BCUT2D eigenvalue weighted by atomic mass is 19.3. The third-order valence-corrected chi connectivity index (χ3v) is 13.9. The standard InChI is InChI=1S/C49H54F2N8O7/c1-27(2)39(57-47(63)65-5)43(61)59-35-15-14-34(22-35)40(59)41-52-23-37(54-41)29-8-6-28(7-9-29)30-10-11-32-21-33(13-12-31(32)20-30)38-24-53-44(55-38)48(3)25-49(17-18-49)26-58(48)42(60)36(56-46(62)64-4)16-19-66-45(50)51/h6-14,20-21,23-24,27,35-36,39-40,45H,15-19,22,25-26H2,1-5H3,(H,52,54)(H,53,55)(H,56,62)(H,57,63)/t35-,36+,39+,40+,48+/m1/s1. The molecule has 4 amide bonds. The van der Waals surface area contributed by atoms with Crippen molar-refractivity contribution >= 4 is 34.8 Å². The van der Waals surface area contributed by atoms with E-state index in [1.54, 1.807) is 17.3 Å². The number of hydrogen-bond acceptors (Lipinski definition) is 9. The maximum Gasteiger partial charge on any atom is 0.407 e. The second-order valence-corrected chi connectivity index (χ2v) is 18.5. The second-order valence-electron chi connectivity index (χ2n) is 18.5. The van der Waals surface area contributed by atoms with Gasteiger partial charge < -0.3 is 44.6 Å². The number of amides is 4. The van der Waals surface area contributed by atoms with Gasteiger partial charge >= 0.3 is 18.8 Å². The van der Waals surface area contributed by atoms with E-state index in [4.69, 9.17) is 19.4 Å². The van der Waals surface area contributed by atoms with Gasteiger partial charge in [0.05, 0.1) is 50.1 Å². The maximum atomic E-state index is 14.1. The van der Waals surface area contributed by atoms with Crippen molar-refractivity contribution in [1.29, 1.82) is 0 Å². The number of carbonyl (C=O) groups is 4. The molecule has 346 valence electrons. The summed E-state index contributed by atoms with van der Waals surface area (Å²) in [6.07, 6.45) is 8.26. The van der Waals surface area contributed by atoms with Gasteiger partial charge in [-0.15, -0.1) is 0 Å². The van der Waals surface area contributed by atoms with Crippen LogP contribution in [0.2, 0.25) is 0 Å². The summed E-state index contributed by atoms with van der Waals surface area (Å²) in [7, 11) is 2.47. The quantitative estimate of drug-likeness (QED) is 0.0798. The van der Waals surface area contributed by atoms with E-state index in [1.165, 1.54) is 14.2 Å². The fourth-order valence-corrected chi connectivity index (χ4v) is 10.2. The van der Waals surface area contributed by atoms with Gasteiger partial charge in [0.1, 0.15) is 29.8 Å². The van der Waals surface area contributed by atoms with Crippen molar-refractivity contribution < 1.29 is 42.2 Å². The summed E-state index contributed by atoms with van der Waals surface area (Å²) in [5, 5.41) is 7.33. The molecule has 1 saturated carbocycles. The SMILES string of the molecule is COC(=O)N[C@@H](CCOC(F)F)C(=O)N1CC2(CC2)C[C@@]1(C)c1ncc(-c2ccc3cc(-c4ccc(-c5cnc([C@@H]6C7=CC[C@H](C7)N6C(=O)[C@@H](NC(=O)OC)C(C)C)[nH]5)cc4)ccc3c2)[nH]1. The molecule has 2 aromatic heterocycles. The van der Waals surface area contributed by atoms with Crippen LogP contribution in [0, 0.1) is 11.3 Å². The van der Waals surface area contributed by atoms with Gasteiger partial charge in [-0.05, 0) is 95.5 Å². The van der Waals surface area contributed by atoms with Gasteiger partial charge in [-0.3, -0.25) is 9.59 Å². The summed E-state index contributed by atoms with van der Waals surface area (Å²) in [5.74, 6) is 0.590. The van der Waals surface area contributed by atoms with Crippen LogP contribution < -0.4 is 10.6 Å². The number of benzene rings is 3. The molecule has 9 rings (SSSR count). The Balaban J connectivity index is 0.899. The van der Waals surface area contributed by atoms with Crippen molar-refractivity contribution in [2.75, 3.05) is 27.4 Å². The summed E-state index contributed by atoms with van der Waals surface area (Å²) in [6, 6.07) is 18.6. The minimum Gasteiger partial charge on any atom is -0.453 e. The molecule has 3 fully saturated rings. The van der Waals surface area contributed by atoms with E-state index in [-0.39, 0.29) is 35.7 Å². The summed E-state index contributed by atoms with van der Waals surface area (Å²) in [4.78, 5) is 72.5. The molecule has 2 aliphatic heterocycles. The van der Waals surface area contributed by atoms with Crippen molar-refractivity contribution in [3.8, 4) is 33.6 Å². The number of ether oxygens (including phenoxy) is 3. The van der Waals surface area contributed by atoms with E-state index in [1.807, 2.05) is 31.7 Å². The van der Waals surface area contributed by atoms with E-state index in [2.05, 4.69) is 86.0 Å². The van der Waals surface area contributed by atoms with Crippen molar-refractivity contribution in [2.24, 2.45) is 11.3 Å². The Bertz CT molecular complexity index is 2690. The van der Waals surface area contributed by atoms with Gasteiger partial charge in [0.25, 0.3) is 0 Å². The first-order valence-electron chi connectivity index (χ1n) is 22.4. The molecular weight excluding hydrogens is 851 g/mol. The third-order valence-electron chi connectivity index (χ3n) is 13.9. The number of aromatic nitrogens is 4. The number of hydrogen-bond donors (Lipinski definition) is 4.